The van der Waals surface area contributed by atoms with Gasteiger partial charge in [-0.1, -0.05) is 0 Å². The third-order valence-corrected chi connectivity index (χ3v) is 7.34. The summed E-state index contributed by atoms with van der Waals surface area (Å²) in [6.07, 6.45) is -17.7. The number of aliphatic hydroxyl groups is 8. The number of rotatable bonds is 7. The zero-order chi connectivity index (χ0) is 32.0. The van der Waals surface area contributed by atoms with E-state index in [0.717, 1.165) is 6.07 Å². The highest BCUT2D eigenvalue weighted by molar-refractivity contribution is 5.91. The Morgan fingerprint density at radius 3 is 1.68 bits per heavy atom. The molecule has 2 aromatic carbocycles. The van der Waals surface area contributed by atoms with E-state index in [0.29, 0.717) is 0 Å². The van der Waals surface area contributed by atoms with Crippen molar-refractivity contribution in [2.45, 2.75) is 61.4 Å². The fourth-order valence-electron chi connectivity index (χ4n) is 4.87. The third kappa shape index (κ3) is 5.50. The van der Waals surface area contributed by atoms with Crippen LogP contribution in [0.4, 0.5) is 0 Å². The Labute approximate surface area is 246 Å². The first-order chi connectivity index (χ1) is 20.9. The molecule has 17 nitrogen and oxygen atoms in total. The normalized spacial score (nSPS) is 32.5. The highest BCUT2D eigenvalue weighted by Crippen LogP contribution is 2.45. The molecule has 0 spiro atoms. The molecule has 0 amide bonds. The summed E-state index contributed by atoms with van der Waals surface area (Å²) in [4.78, 5) is 13.9. The van der Waals surface area contributed by atoms with Gasteiger partial charge in [0.1, 0.15) is 65.6 Å². The van der Waals surface area contributed by atoms with Crippen molar-refractivity contribution in [1.82, 2.24) is 0 Å². The highest BCUT2D eigenvalue weighted by Gasteiger charge is 2.47. The van der Waals surface area contributed by atoms with Crippen molar-refractivity contribution in [2.24, 2.45) is 0 Å². The predicted octanol–water partition coefficient (Wildman–Crippen LogP) is -3.07. The Morgan fingerprint density at radius 2 is 1.18 bits per heavy atom. The summed E-state index contributed by atoms with van der Waals surface area (Å²) < 4.78 is 27.4. The second-order valence-electron chi connectivity index (χ2n) is 10.2. The summed E-state index contributed by atoms with van der Waals surface area (Å²) in [6.45, 7) is -1.61. The van der Waals surface area contributed by atoms with Gasteiger partial charge in [0.2, 0.25) is 29.5 Å². The zero-order valence-electron chi connectivity index (χ0n) is 22.4. The second kappa shape index (κ2) is 12.3. The monoisotopic (exact) mass is 626 g/mol. The zero-order valence-corrected chi connectivity index (χ0v) is 22.4. The van der Waals surface area contributed by atoms with Crippen molar-refractivity contribution in [3.8, 4) is 40.1 Å². The van der Waals surface area contributed by atoms with Gasteiger partial charge < -0.3 is 79.5 Å². The van der Waals surface area contributed by atoms with E-state index in [1.54, 1.807) is 0 Å². The maximum atomic E-state index is 13.9. The van der Waals surface area contributed by atoms with E-state index in [1.807, 2.05) is 0 Å². The van der Waals surface area contributed by atoms with Gasteiger partial charge in [-0.15, -0.1) is 0 Å². The van der Waals surface area contributed by atoms with Crippen LogP contribution < -0.4 is 14.9 Å². The minimum Gasteiger partial charge on any atom is -0.508 e. The van der Waals surface area contributed by atoms with Gasteiger partial charge in [0.05, 0.1) is 13.2 Å². The molecule has 3 heterocycles. The van der Waals surface area contributed by atoms with Crippen molar-refractivity contribution < 1.29 is 79.5 Å². The molecule has 0 unspecified atom stereocenters. The SMILES string of the molecule is O=c1c(O[C@H]2O[C@H](CO)[C@@H](O)[C@H](O)[C@H]2O)c(-c2ccc(O)cc2)oc2cc(O)c(O[C@H]3O[C@H](CO)[C@@H](O)[C@H](O)[C@H]3O)c(O)c12. The Morgan fingerprint density at radius 1 is 0.682 bits per heavy atom. The van der Waals surface area contributed by atoms with Crippen LogP contribution in [0.1, 0.15) is 0 Å². The van der Waals surface area contributed by atoms with Crippen LogP contribution in [0, 0.1) is 0 Å². The average molecular weight is 627 g/mol. The van der Waals surface area contributed by atoms with E-state index in [-0.39, 0.29) is 17.1 Å². The van der Waals surface area contributed by atoms with E-state index in [2.05, 4.69) is 0 Å². The van der Waals surface area contributed by atoms with Crippen LogP contribution in [-0.2, 0) is 9.47 Å². The van der Waals surface area contributed by atoms with Crippen LogP contribution in [0.2, 0.25) is 0 Å². The summed E-state index contributed by atoms with van der Waals surface area (Å²) in [5.74, 6) is -3.99. The van der Waals surface area contributed by atoms with Crippen molar-refractivity contribution in [3.63, 3.8) is 0 Å². The van der Waals surface area contributed by atoms with Crippen molar-refractivity contribution in [3.05, 3.63) is 40.6 Å². The van der Waals surface area contributed by atoms with E-state index >= 15 is 0 Å². The van der Waals surface area contributed by atoms with Gasteiger partial charge in [0, 0.05) is 11.6 Å². The smallest absolute Gasteiger partial charge is 0.239 e. The van der Waals surface area contributed by atoms with E-state index in [1.165, 1.54) is 24.3 Å². The quantitative estimate of drug-likeness (QED) is 0.124. The molecule has 0 radical (unpaired) electrons. The number of fused-ring (bicyclic) bond motifs is 1. The maximum Gasteiger partial charge on any atom is 0.239 e. The molecule has 10 atom stereocenters. The average Bonchev–Trinajstić information content (AvgIpc) is 3.00. The minimum absolute atomic E-state index is 0.113. The Bertz CT molecular complexity index is 1540. The van der Waals surface area contributed by atoms with E-state index < -0.39 is 114 Å². The van der Waals surface area contributed by atoms with Crippen LogP contribution >= 0.6 is 0 Å². The molecular formula is C27H30O17. The molecule has 5 rings (SSSR count). The van der Waals surface area contributed by atoms with Gasteiger partial charge in [-0.25, -0.2) is 0 Å². The maximum absolute atomic E-state index is 13.9. The Balaban J connectivity index is 1.63. The van der Waals surface area contributed by atoms with E-state index in [4.69, 9.17) is 23.4 Å². The van der Waals surface area contributed by atoms with Crippen LogP contribution in [-0.4, -0.2) is 131 Å². The fraction of sp³-hybridized carbons (Fsp3) is 0.444. The van der Waals surface area contributed by atoms with E-state index in [9.17, 15) is 61.0 Å². The molecular weight excluding hydrogens is 596 g/mol. The first-order valence-electron chi connectivity index (χ1n) is 13.2. The molecule has 0 bridgehead atoms. The summed E-state index contributed by atoms with van der Waals surface area (Å²) >= 11 is 0. The lowest BCUT2D eigenvalue weighted by atomic mass is 9.99. The van der Waals surface area contributed by atoms with Crippen molar-refractivity contribution in [1.29, 1.82) is 0 Å². The summed E-state index contributed by atoms with van der Waals surface area (Å²) in [6, 6.07) is 5.97. The summed E-state index contributed by atoms with van der Waals surface area (Å²) in [5, 5.41) is 111. The van der Waals surface area contributed by atoms with Crippen LogP contribution in [0.15, 0.2) is 39.5 Å². The number of hydrogen-bond donors (Lipinski definition) is 11. The van der Waals surface area contributed by atoms with Crippen LogP contribution in [0.5, 0.6) is 28.7 Å². The lowest BCUT2D eigenvalue weighted by Gasteiger charge is -2.39. The van der Waals surface area contributed by atoms with Crippen molar-refractivity contribution in [2.75, 3.05) is 13.2 Å². The number of aliphatic hydroxyl groups excluding tert-OH is 8. The second-order valence-corrected chi connectivity index (χ2v) is 10.2. The molecule has 0 aliphatic carbocycles. The van der Waals surface area contributed by atoms with Gasteiger partial charge in [0.15, 0.2) is 17.3 Å². The molecule has 11 N–H and O–H groups in total. The van der Waals surface area contributed by atoms with Gasteiger partial charge >= 0.3 is 0 Å². The lowest BCUT2D eigenvalue weighted by molar-refractivity contribution is -0.277. The van der Waals surface area contributed by atoms with Gasteiger partial charge in [-0.2, -0.15) is 0 Å². The Hall–Kier alpha value is -3.75. The molecule has 2 saturated heterocycles. The van der Waals surface area contributed by atoms with Crippen molar-refractivity contribution >= 4 is 11.0 Å². The largest absolute Gasteiger partial charge is 0.508 e. The minimum atomic E-state index is -1.95. The third-order valence-electron chi connectivity index (χ3n) is 7.34. The molecule has 240 valence electrons. The van der Waals surface area contributed by atoms with Gasteiger partial charge in [-0.05, 0) is 24.3 Å². The number of hydrogen-bond acceptors (Lipinski definition) is 17. The Kier molecular flexibility index (Phi) is 8.87. The highest BCUT2D eigenvalue weighted by atomic mass is 16.7. The molecule has 2 aliphatic rings. The molecule has 44 heavy (non-hydrogen) atoms. The number of phenols is 3. The first-order valence-corrected chi connectivity index (χ1v) is 13.2. The molecule has 2 aliphatic heterocycles. The first kappa shape index (κ1) is 31.7. The van der Waals surface area contributed by atoms with Crippen LogP contribution in [0.25, 0.3) is 22.3 Å². The topological polar surface area (TPSA) is 290 Å². The number of ether oxygens (including phenoxy) is 4. The summed E-state index contributed by atoms with van der Waals surface area (Å²) in [7, 11) is 0. The molecule has 0 saturated carbocycles. The van der Waals surface area contributed by atoms with Gasteiger partial charge in [-0.3, -0.25) is 4.79 Å². The molecule has 3 aromatic rings. The molecule has 2 fully saturated rings. The van der Waals surface area contributed by atoms with Crippen LogP contribution in [0.3, 0.4) is 0 Å². The molecule has 17 heteroatoms. The summed E-state index contributed by atoms with van der Waals surface area (Å²) in [5.41, 5.74) is -1.47. The number of benzene rings is 2. The number of phenolic OH excluding ortho intramolecular Hbond substituents is 3. The fourth-order valence-corrected chi connectivity index (χ4v) is 4.87. The predicted molar refractivity (Wildman–Crippen MR) is 142 cm³/mol. The van der Waals surface area contributed by atoms with Gasteiger partial charge in [0.25, 0.3) is 0 Å². The standard InChI is InChI=1S/C27H30O17/c28-6-12-15(32)19(36)21(38)26(41-12)43-24-10(31)5-11-14(17(24)34)18(35)25(23(40-11)8-1-3-9(30)4-2-8)44-27-22(39)20(37)16(33)13(7-29)42-27/h1-5,12-13,15-16,19-22,26-34,36-39H,6-7H2/t12-,13-,15-,16-,19+,20+,21-,22-,26-,27-/m1/s1. The number of aromatic hydroxyl groups is 3. The molecule has 1 aromatic heterocycles. The lowest BCUT2D eigenvalue weighted by Crippen LogP contribution is -2.60.